The van der Waals surface area contributed by atoms with Gasteiger partial charge in [0.15, 0.2) is 5.17 Å². The van der Waals surface area contributed by atoms with Crippen molar-refractivity contribution in [3.63, 3.8) is 0 Å². The zero-order chi connectivity index (χ0) is 18.0. The molecule has 2 amide bonds. The lowest BCUT2D eigenvalue weighted by molar-refractivity contribution is -0.115. The number of nitrogens with zero attached hydrogens (tertiary/aromatic N) is 3. The first-order valence-electron chi connectivity index (χ1n) is 7.54. The van der Waals surface area contributed by atoms with Crippen LogP contribution in [0.3, 0.4) is 0 Å². The van der Waals surface area contributed by atoms with E-state index in [1.54, 1.807) is 45.2 Å². The van der Waals surface area contributed by atoms with Crippen molar-refractivity contribution in [2.24, 2.45) is 4.99 Å². The predicted molar refractivity (Wildman–Crippen MR) is 96.9 cm³/mol. The van der Waals surface area contributed by atoms with Crippen molar-refractivity contribution in [1.29, 1.82) is 0 Å². The molecule has 0 bridgehead atoms. The van der Waals surface area contributed by atoms with Crippen LogP contribution in [-0.2, 0) is 9.53 Å². The lowest BCUT2D eigenvalue weighted by Gasteiger charge is -2.17. The van der Waals surface area contributed by atoms with Crippen LogP contribution in [0.2, 0.25) is 0 Å². The number of nitrogens with one attached hydrogen (secondary N) is 1. The molecule has 7 nitrogen and oxygen atoms in total. The van der Waals surface area contributed by atoms with Gasteiger partial charge in [-0.15, -0.1) is 0 Å². The van der Waals surface area contributed by atoms with E-state index in [-0.39, 0.29) is 11.1 Å². The number of fused-ring (bicyclic) bond motifs is 1. The molecule has 0 aromatic carbocycles. The maximum absolute atomic E-state index is 12.0. The second kappa shape index (κ2) is 6.64. The van der Waals surface area contributed by atoms with Gasteiger partial charge in [0.1, 0.15) is 5.60 Å². The number of rotatable bonds is 1. The standard InChI is InChI=1S/C17H16N4O3S/c1-17(2,3)24-16(23)21-15-20-14(22)13(25-15)9-10-6-7-11-12(19-10)5-4-8-18-11/h4-9H,1-3H3,(H,20,21,22,23)/b13-9-. The number of thioether (sulfide) groups is 1. The highest BCUT2D eigenvalue weighted by Crippen LogP contribution is 2.26. The molecule has 3 heterocycles. The number of amidine groups is 1. The third-order valence-corrected chi connectivity index (χ3v) is 3.90. The number of hydrogen-bond donors (Lipinski definition) is 1. The summed E-state index contributed by atoms with van der Waals surface area (Å²) in [6, 6.07) is 7.26. The first kappa shape index (κ1) is 17.1. The van der Waals surface area contributed by atoms with E-state index in [4.69, 9.17) is 4.74 Å². The van der Waals surface area contributed by atoms with E-state index >= 15 is 0 Å². The van der Waals surface area contributed by atoms with Crippen molar-refractivity contribution in [2.45, 2.75) is 26.4 Å². The molecule has 3 rings (SSSR count). The molecule has 0 unspecified atom stereocenters. The maximum Gasteiger partial charge on any atom is 0.436 e. The van der Waals surface area contributed by atoms with E-state index in [1.807, 2.05) is 12.1 Å². The maximum atomic E-state index is 12.0. The molecule has 2 aromatic heterocycles. The summed E-state index contributed by atoms with van der Waals surface area (Å²) in [5.74, 6) is -0.333. The number of carbonyl (C=O) groups is 2. The fourth-order valence-electron chi connectivity index (χ4n) is 2.04. The van der Waals surface area contributed by atoms with Gasteiger partial charge in [-0.3, -0.25) is 9.78 Å². The van der Waals surface area contributed by atoms with Gasteiger partial charge in [-0.1, -0.05) is 0 Å². The molecule has 1 fully saturated rings. The van der Waals surface area contributed by atoms with Crippen LogP contribution < -0.4 is 5.32 Å². The van der Waals surface area contributed by atoms with Crippen molar-refractivity contribution in [1.82, 2.24) is 15.3 Å². The number of carbonyl (C=O) groups excluding carboxylic acids is 2. The van der Waals surface area contributed by atoms with Crippen molar-refractivity contribution >= 4 is 46.0 Å². The zero-order valence-electron chi connectivity index (χ0n) is 13.9. The molecule has 128 valence electrons. The number of aliphatic imine (C=N–C) groups is 1. The summed E-state index contributed by atoms with van der Waals surface area (Å²) in [4.78, 5) is 36.6. The van der Waals surface area contributed by atoms with Crippen LogP contribution in [0, 0.1) is 0 Å². The Hall–Kier alpha value is -2.74. The Balaban J connectivity index is 1.79. The Bertz CT molecular complexity index is 915. The third kappa shape index (κ3) is 4.42. The van der Waals surface area contributed by atoms with E-state index < -0.39 is 11.7 Å². The third-order valence-electron chi connectivity index (χ3n) is 2.99. The van der Waals surface area contributed by atoms with Crippen LogP contribution in [0.5, 0.6) is 0 Å². The normalized spacial score (nSPS) is 18.0. The van der Waals surface area contributed by atoms with E-state index in [0.29, 0.717) is 10.6 Å². The van der Waals surface area contributed by atoms with Crippen LogP contribution in [0.4, 0.5) is 4.79 Å². The zero-order valence-corrected chi connectivity index (χ0v) is 14.8. The van der Waals surface area contributed by atoms with E-state index in [0.717, 1.165) is 22.8 Å². The van der Waals surface area contributed by atoms with Crippen LogP contribution in [0.1, 0.15) is 26.5 Å². The van der Waals surface area contributed by atoms with Crippen molar-refractivity contribution in [3.05, 3.63) is 41.1 Å². The van der Waals surface area contributed by atoms with E-state index in [2.05, 4.69) is 20.3 Å². The number of amides is 2. The minimum Gasteiger partial charge on any atom is -0.442 e. The van der Waals surface area contributed by atoms with Gasteiger partial charge in [0.05, 0.1) is 21.6 Å². The average molecular weight is 356 g/mol. The molecule has 1 aliphatic heterocycles. The van der Waals surface area contributed by atoms with Crippen molar-refractivity contribution in [3.8, 4) is 0 Å². The number of hydrogen-bond acceptors (Lipinski definition) is 6. The van der Waals surface area contributed by atoms with Gasteiger partial charge in [0.25, 0.3) is 5.91 Å². The second-order valence-electron chi connectivity index (χ2n) is 6.24. The predicted octanol–water partition coefficient (Wildman–Crippen LogP) is 3.12. The number of pyridine rings is 2. The topological polar surface area (TPSA) is 93.5 Å². The van der Waals surface area contributed by atoms with E-state index in [1.165, 1.54) is 0 Å². The molecule has 1 N–H and O–H groups in total. The molecule has 1 saturated heterocycles. The Morgan fingerprint density at radius 3 is 2.84 bits per heavy atom. The molecular formula is C17H16N4O3S. The van der Waals surface area contributed by atoms with Gasteiger partial charge in [-0.2, -0.15) is 4.99 Å². The average Bonchev–Trinajstić information content (AvgIpc) is 2.84. The van der Waals surface area contributed by atoms with Crippen LogP contribution in [0.25, 0.3) is 17.1 Å². The molecular weight excluding hydrogens is 340 g/mol. The van der Waals surface area contributed by atoms with Gasteiger partial charge in [-0.25, -0.2) is 9.78 Å². The SMILES string of the molecule is CC(C)(C)OC(=O)N=C1NC(=O)/C(=C/c2ccc3ncccc3n2)S1. The van der Waals surface area contributed by atoms with Gasteiger partial charge in [0.2, 0.25) is 0 Å². The summed E-state index contributed by atoms with van der Waals surface area (Å²) in [7, 11) is 0. The first-order chi connectivity index (χ1) is 11.8. The molecule has 1 aliphatic rings. The Morgan fingerprint density at radius 2 is 2.08 bits per heavy atom. The smallest absolute Gasteiger partial charge is 0.436 e. The van der Waals surface area contributed by atoms with Gasteiger partial charge in [-0.05, 0) is 62.9 Å². The lowest BCUT2D eigenvalue weighted by Crippen LogP contribution is -2.25. The summed E-state index contributed by atoms with van der Waals surface area (Å²) in [6.45, 7) is 5.24. The van der Waals surface area contributed by atoms with Gasteiger partial charge in [0, 0.05) is 6.20 Å². The molecule has 0 radical (unpaired) electrons. The summed E-state index contributed by atoms with van der Waals surface area (Å²) >= 11 is 1.07. The van der Waals surface area contributed by atoms with Crippen molar-refractivity contribution < 1.29 is 14.3 Å². The summed E-state index contributed by atoms with van der Waals surface area (Å²) < 4.78 is 5.11. The largest absolute Gasteiger partial charge is 0.442 e. The van der Waals surface area contributed by atoms with Crippen molar-refractivity contribution in [2.75, 3.05) is 0 Å². The Morgan fingerprint density at radius 1 is 1.28 bits per heavy atom. The Kier molecular flexibility index (Phi) is 4.54. The van der Waals surface area contributed by atoms with Crippen LogP contribution >= 0.6 is 11.8 Å². The highest BCUT2D eigenvalue weighted by molar-refractivity contribution is 8.18. The summed E-state index contributed by atoms with van der Waals surface area (Å²) in [5, 5.41) is 2.73. The highest BCUT2D eigenvalue weighted by Gasteiger charge is 2.26. The second-order valence-corrected chi connectivity index (χ2v) is 7.27. The lowest BCUT2D eigenvalue weighted by atomic mass is 10.2. The van der Waals surface area contributed by atoms with Gasteiger partial charge < -0.3 is 10.1 Å². The first-order valence-corrected chi connectivity index (χ1v) is 8.36. The summed E-state index contributed by atoms with van der Waals surface area (Å²) in [6.07, 6.45) is 2.60. The number of ether oxygens (including phenoxy) is 1. The molecule has 0 atom stereocenters. The fourth-order valence-corrected chi connectivity index (χ4v) is 2.83. The molecule has 2 aromatic rings. The summed E-state index contributed by atoms with van der Waals surface area (Å²) in [5.41, 5.74) is 1.50. The fraction of sp³-hybridized carbons (Fsp3) is 0.235. The molecule has 25 heavy (non-hydrogen) atoms. The molecule has 0 spiro atoms. The number of aromatic nitrogens is 2. The monoisotopic (exact) mass is 356 g/mol. The minimum absolute atomic E-state index is 0.188. The van der Waals surface area contributed by atoms with Gasteiger partial charge >= 0.3 is 6.09 Å². The van der Waals surface area contributed by atoms with Crippen LogP contribution in [0.15, 0.2) is 40.4 Å². The van der Waals surface area contributed by atoms with E-state index in [9.17, 15) is 9.59 Å². The molecule has 0 aliphatic carbocycles. The highest BCUT2D eigenvalue weighted by atomic mass is 32.2. The minimum atomic E-state index is -0.744. The Labute approximate surface area is 148 Å². The quantitative estimate of drug-likeness (QED) is 0.789. The molecule has 0 saturated carbocycles. The molecule has 8 heteroatoms. The van der Waals surface area contributed by atoms with Crippen LogP contribution in [-0.4, -0.2) is 32.7 Å².